The minimum absolute atomic E-state index is 0.0115. The van der Waals surface area contributed by atoms with Gasteiger partial charge in [0, 0.05) is 116 Å². The summed E-state index contributed by atoms with van der Waals surface area (Å²) in [6, 6.07) is 17.3. The van der Waals surface area contributed by atoms with Gasteiger partial charge in [-0.1, -0.05) is 0 Å². The standard InChI is InChI=1S/3C21H26N6O3/c3*1-14-11-27(17-4-3-15(9-22)19-20(17)24-6-5-23-19)13-18(30-14)21(28)25-10-16-12-26(2)7-8-29-16/h3*3-6,14,16,18H,7-8,10-13H2,1-2H3,(H,25,28)/t3*14-,16?,18-/m111/s1. The van der Waals surface area contributed by atoms with Crippen LogP contribution in [-0.4, -0.2) is 256 Å². The number of anilines is 3. The van der Waals surface area contributed by atoms with Crippen molar-refractivity contribution in [1.29, 1.82) is 15.8 Å². The number of nitrogens with one attached hydrogen (secondary N) is 3. The van der Waals surface area contributed by atoms with Crippen molar-refractivity contribution in [3.63, 3.8) is 0 Å². The Balaban J connectivity index is 0.000000148. The van der Waals surface area contributed by atoms with Gasteiger partial charge in [0.25, 0.3) is 17.7 Å². The lowest BCUT2D eigenvalue weighted by molar-refractivity contribution is -0.138. The van der Waals surface area contributed by atoms with E-state index in [0.717, 1.165) is 56.3 Å². The average molecular weight is 1230 g/mol. The first-order chi connectivity index (χ1) is 43.6. The number of carbonyl (C=O) groups excluding carboxylic acids is 3. The third-order valence-corrected chi connectivity index (χ3v) is 16.4. The topological polar surface area (TPSA) is 311 Å². The van der Waals surface area contributed by atoms with E-state index in [1.807, 2.05) is 60.1 Å². The number of rotatable bonds is 12. The molecule has 90 heavy (non-hydrogen) atoms. The van der Waals surface area contributed by atoms with E-state index in [1.54, 1.807) is 55.4 Å². The van der Waals surface area contributed by atoms with Crippen molar-refractivity contribution >= 4 is 67.9 Å². The molecule has 0 radical (unpaired) electrons. The van der Waals surface area contributed by atoms with Crippen LogP contribution in [0.25, 0.3) is 33.1 Å². The van der Waals surface area contributed by atoms with Crippen LogP contribution in [0.4, 0.5) is 17.1 Å². The Labute approximate surface area is 523 Å². The molecule has 6 aliphatic heterocycles. The van der Waals surface area contributed by atoms with E-state index < -0.39 is 18.3 Å². The maximum atomic E-state index is 12.8. The molecule has 0 saturated carbocycles. The number of carbonyl (C=O) groups is 3. The molecule has 474 valence electrons. The van der Waals surface area contributed by atoms with Gasteiger partial charge in [0.1, 0.15) is 51.3 Å². The molecule has 27 heteroatoms. The summed E-state index contributed by atoms with van der Waals surface area (Å²) < 4.78 is 34.9. The van der Waals surface area contributed by atoms with Gasteiger partial charge in [-0.2, -0.15) is 15.8 Å². The SMILES string of the molecule is C[C@@H]1CN(c2ccc(C#N)c3nccnc23)C[C@H](C(=O)NCC2CN(C)CCO2)O1.C[C@@H]1CN(c2ccc(C#N)c3nccnc23)C[C@H](C(=O)NCC2CN(C)CCO2)O1.C[C@@H]1CN(c2ccc(C#N)c3nccnc23)C[C@H](C(=O)NCC2CN(C)CCO2)O1. The molecular formula is C63H78N18O9. The van der Waals surface area contributed by atoms with Crippen molar-refractivity contribution in [3.8, 4) is 18.2 Å². The Morgan fingerprint density at radius 2 is 0.689 bits per heavy atom. The van der Waals surface area contributed by atoms with Gasteiger partial charge in [-0.05, 0) is 78.3 Å². The summed E-state index contributed by atoms with van der Waals surface area (Å²) in [6.45, 7) is 17.4. The summed E-state index contributed by atoms with van der Waals surface area (Å²) >= 11 is 0. The maximum absolute atomic E-state index is 12.8. The third kappa shape index (κ3) is 16.1. The summed E-state index contributed by atoms with van der Waals surface area (Å²) in [5.74, 6) is -0.438. The normalized spacial score (nSPS) is 25.1. The van der Waals surface area contributed by atoms with Crippen LogP contribution in [0, 0.1) is 34.0 Å². The number of benzene rings is 3. The zero-order chi connectivity index (χ0) is 63.3. The Morgan fingerprint density at radius 1 is 0.422 bits per heavy atom. The van der Waals surface area contributed by atoms with Crippen LogP contribution in [0.5, 0.6) is 0 Å². The van der Waals surface area contributed by atoms with Gasteiger partial charge in [0.15, 0.2) is 18.3 Å². The summed E-state index contributed by atoms with van der Waals surface area (Å²) in [4.78, 5) is 77.6. The summed E-state index contributed by atoms with van der Waals surface area (Å²) in [6.07, 6.45) is 7.35. The molecule has 9 atom stereocenters. The molecule has 3 amide bonds. The Morgan fingerprint density at radius 3 is 0.944 bits per heavy atom. The molecule has 6 saturated heterocycles. The van der Waals surface area contributed by atoms with Gasteiger partial charge in [-0.15, -0.1) is 0 Å². The number of likely N-dealkylation sites (N-methyl/N-ethyl adjacent to an activating group) is 3. The molecule has 3 aromatic carbocycles. The lowest BCUT2D eigenvalue weighted by atomic mass is 10.1. The fourth-order valence-corrected chi connectivity index (χ4v) is 12.0. The van der Waals surface area contributed by atoms with Gasteiger partial charge in [0.05, 0.1) is 110 Å². The Hall–Kier alpha value is -8.40. The van der Waals surface area contributed by atoms with Crippen molar-refractivity contribution in [2.24, 2.45) is 0 Å². The van der Waals surface area contributed by atoms with Crippen LogP contribution in [0.1, 0.15) is 37.5 Å². The minimum Gasteiger partial charge on any atom is -0.374 e. The number of nitrogens with zero attached hydrogens (tertiary/aromatic N) is 15. The van der Waals surface area contributed by atoms with Gasteiger partial charge in [0.2, 0.25) is 0 Å². The molecule has 6 aromatic rings. The lowest BCUT2D eigenvalue weighted by Crippen LogP contribution is -2.54. The predicted molar refractivity (Wildman–Crippen MR) is 333 cm³/mol. The first-order valence-corrected chi connectivity index (χ1v) is 30.5. The Kier molecular flexibility index (Phi) is 21.8. The van der Waals surface area contributed by atoms with Crippen LogP contribution in [0.3, 0.4) is 0 Å². The summed E-state index contributed by atoms with van der Waals surface area (Å²) in [5, 5.41) is 37.0. The van der Waals surface area contributed by atoms with E-state index in [4.69, 9.17) is 28.4 Å². The first-order valence-electron chi connectivity index (χ1n) is 30.5. The fourth-order valence-electron chi connectivity index (χ4n) is 12.0. The number of morpholine rings is 6. The fraction of sp³-hybridized carbons (Fsp3) is 0.524. The number of ether oxygens (including phenoxy) is 6. The molecule has 6 aliphatic rings. The zero-order valence-corrected chi connectivity index (χ0v) is 51.7. The van der Waals surface area contributed by atoms with Crippen LogP contribution < -0.4 is 30.7 Å². The van der Waals surface area contributed by atoms with Crippen LogP contribution >= 0.6 is 0 Å². The number of amides is 3. The number of nitriles is 3. The second-order valence-corrected chi connectivity index (χ2v) is 23.5. The second-order valence-electron chi connectivity index (χ2n) is 23.5. The smallest absolute Gasteiger partial charge is 0.251 e. The molecule has 27 nitrogen and oxygen atoms in total. The molecule has 3 N–H and O–H groups in total. The van der Waals surface area contributed by atoms with Crippen molar-refractivity contribution < 1.29 is 42.8 Å². The van der Waals surface area contributed by atoms with E-state index in [0.29, 0.717) is 129 Å². The largest absolute Gasteiger partial charge is 0.374 e. The number of fused-ring (bicyclic) bond motifs is 3. The van der Waals surface area contributed by atoms with Crippen molar-refractivity contribution in [3.05, 3.63) is 90.3 Å². The highest BCUT2D eigenvalue weighted by Crippen LogP contribution is 2.32. The molecule has 0 spiro atoms. The average Bonchev–Trinajstić information content (AvgIpc) is 0.841. The van der Waals surface area contributed by atoms with E-state index in [2.05, 4.69) is 93.5 Å². The Bertz CT molecular complexity index is 3250. The van der Waals surface area contributed by atoms with Crippen molar-refractivity contribution in [2.75, 3.05) is 154 Å². The van der Waals surface area contributed by atoms with Gasteiger partial charge >= 0.3 is 0 Å². The van der Waals surface area contributed by atoms with Gasteiger partial charge < -0.3 is 73.8 Å². The number of aromatic nitrogens is 6. The quantitative estimate of drug-likeness (QED) is 0.157. The lowest BCUT2D eigenvalue weighted by Gasteiger charge is -2.38. The van der Waals surface area contributed by atoms with Gasteiger partial charge in [-0.3, -0.25) is 44.3 Å². The summed E-state index contributed by atoms with van der Waals surface area (Å²) in [7, 11) is 6.14. The molecule has 3 unspecified atom stereocenters. The molecule has 0 bridgehead atoms. The highest BCUT2D eigenvalue weighted by molar-refractivity contribution is 5.95. The molecule has 6 fully saturated rings. The number of hydrogen-bond donors (Lipinski definition) is 3. The van der Waals surface area contributed by atoms with Crippen LogP contribution in [0.15, 0.2) is 73.6 Å². The van der Waals surface area contributed by atoms with Crippen LogP contribution in [0.2, 0.25) is 0 Å². The van der Waals surface area contributed by atoms with E-state index in [9.17, 15) is 30.2 Å². The van der Waals surface area contributed by atoms with E-state index in [1.165, 1.54) is 0 Å². The zero-order valence-electron chi connectivity index (χ0n) is 51.7. The van der Waals surface area contributed by atoms with Gasteiger partial charge in [-0.25, -0.2) is 0 Å². The molecular weight excluding hydrogens is 1150 g/mol. The minimum atomic E-state index is -0.600. The van der Waals surface area contributed by atoms with E-state index >= 15 is 0 Å². The highest BCUT2D eigenvalue weighted by atomic mass is 16.5. The molecule has 3 aromatic heterocycles. The van der Waals surface area contributed by atoms with E-state index in [-0.39, 0.29) is 54.3 Å². The molecule has 0 aliphatic carbocycles. The third-order valence-electron chi connectivity index (χ3n) is 16.4. The molecule has 12 rings (SSSR count). The van der Waals surface area contributed by atoms with Crippen LogP contribution in [-0.2, 0) is 42.8 Å². The highest BCUT2D eigenvalue weighted by Gasteiger charge is 2.36. The molecule has 9 heterocycles. The van der Waals surface area contributed by atoms with Crippen molar-refractivity contribution in [1.82, 2.24) is 60.6 Å². The summed E-state index contributed by atoms with van der Waals surface area (Å²) in [5.41, 5.74) is 7.66. The second kappa shape index (κ2) is 30.4. The monoisotopic (exact) mass is 1230 g/mol. The maximum Gasteiger partial charge on any atom is 0.251 e. The van der Waals surface area contributed by atoms with Crippen molar-refractivity contribution in [2.45, 2.75) is 75.7 Å². The first kappa shape index (κ1) is 64.6. The predicted octanol–water partition coefficient (Wildman–Crippen LogP) is 1.63. The number of hydrogen-bond acceptors (Lipinski definition) is 24.